The molecule has 1 saturated heterocycles. The average Bonchev–Trinajstić information content (AvgIpc) is 3.06. The minimum Gasteiger partial charge on any atom is -0.391 e. The summed E-state index contributed by atoms with van der Waals surface area (Å²) in [4.78, 5) is 2.79. The summed E-state index contributed by atoms with van der Waals surface area (Å²) in [6.45, 7) is 1.33. The number of hydrogen-bond acceptors (Lipinski definition) is 2. The van der Waals surface area contributed by atoms with Crippen LogP contribution in [0.2, 0.25) is 0 Å². The molecule has 0 radical (unpaired) electrons. The average molecular weight is 233 g/mol. The molecule has 8 atom stereocenters. The van der Waals surface area contributed by atoms with E-state index in [9.17, 15) is 5.11 Å². The van der Waals surface area contributed by atoms with E-state index in [1.807, 2.05) is 0 Å². The first-order valence-corrected chi connectivity index (χ1v) is 7.75. The Bertz CT molecular complexity index is 355. The van der Waals surface area contributed by atoms with Crippen LogP contribution in [0.15, 0.2) is 0 Å². The number of likely N-dealkylation sites (tertiary alicyclic amines) is 1. The molecule has 4 saturated carbocycles. The molecule has 4 bridgehead atoms. The number of aliphatic hydroxyl groups is 1. The SMILES string of the molecule is OC1C2CC3CN(C4CC5CCC4C5)C1C3C2. The number of nitrogens with zero attached hydrogens (tertiary/aromatic N) is 1. The van der Waals surface area contributed by atoms with E-state index < -0.39 is 0 Å². The predicted octanol–water partition coefficient (Wildman–Crippen LogP) is 1.88. The largest absolute Gasteiger partial charge is 0.391 e. The quantitative estimate of drug-likeness (QED) is 0.747. The maximum Gasteiger partial charge on any atom is 0.0726 e. The van der Waals surface area contributed by atoms with Gasteiger partial charge in [0.2, 0.25) is 0 Å². The summed E-state index contributed by atoms with van der Waals surface area (Å²) in [5.74, 6) is 4.52. The molecule has 0 aromatic carbocycles. The summed E-state index contributed by atoms with van der Waals surface area (Å²) >= 11 is 0. The van der Waals surface area contributed by atoms with E-state index in [4.69, 9.17) is 0 Å². The van der Waals surface area contributed by atoms with Crippen LogP contribution in [-0.2, 0) is 0 Å². The van der Waals surface area contributed by atoms with Crippen LogP contribution < -0.4 is 0 Å². The van der Waals surface area contributed by atoms with Gasteiger partial charge in [-0.15, -0.1) is 0 Å². The normalized spacial score (nSPS) is 64.1. The van der Waals surface area contributed by atoms with Gasteiger partial charge in [0, 0.05) is 18.6 Å². The molecule has 0 aromatic rings. The molecule has 1 heterocycles. The maximum absolute atomic E-state index is 10.5. The third-order valence-corrected chi connectivity index (χ3v) is 7.01. The van der Waals surface area contributed by atoms with Crippen molar-refractivity contribution in [3.05, 3.63) is 0 Å². The Morgan fingerprint density at radius 2 is 1.82 bits per heavy atom. The van der Waals surface area contributed by atoms with E-state index in [1.165, 1.54) is 45.1 Å². The van der Waals surface area contributed by atoms with Crippen LogP contribution >= 0.6 is 0 Å². The molecule has 17 heavy (non-hydrogen) atoms. The number of hydrogen-bond donors (Lipinski definition) is 1. The van der Waals surface area contributed by atoms with Crippen molar-refractivity contribution in [2.24, 2.45) is 29.6 Å². The van der Waals surface area contributed by atoms with Gasteiger partial charge in [0.1, 0.15) is 0 Å². The Balaban J connectivity index is 1.46. The highest BCUT2D eigenvalue weighted by molar-refractivity contribution is 5.13. The van der Waals surface area contributed by atoms with E-state index in [1.54, 1.807) is 0 Å². The van der Waals surface area contributed by atoms with Gasteiger partial charge < -0.3 is 5.11 Å². The van der Waals surface area contributed by atoms with E-state index in [2.05, 4.69) is 4.90 Å². The lowest BCUT2D eigenvalue weighted by molar-refractivity contribution is 0.0230. The van der Waals surface area contributed by atoms with Crippen LogP contribution in [0.5, 0.6) is 0 Å². The second-order valence-electron chi connectivity index (χ2n) is 7.58. The highest BCUT2D eigenvalue weighted by Crippen LogP contribution is 2.58. The van der Waals surface area contributed by atoms with Gasteiger partial charge in [-0.05, 0) is 61.7 Å². The monoisotopic (exact) mass is 233 g/mol. The molecule has 0 amide bonds. The van der Waals surface area contributed by atoms with Crippen molar-refractivity contribution in [3.8, 4) is 0 Å². The second kappa shape index (κ2) is 3.08. The fourth-order valence-corrected chi connectivity index (χ4v) is 6.45. The molecule has 5 aliphatic rings. The summed E-state index contributed by atoms with van der Waals surface area (Å²) in [6.07, 6.45) is 8.64. The topological polar surface area (TPSA) is 23.5 Å². The smallest absolute Gasteiger partial charge is 0.0726 e. The minimum atomic E-state index is 0.0258. The third kappa shape index (κ3) is 1.10. The molecule has 5 fully saturated rings. The molecule has 0 spiro atoms. The lowest BCUT2D eigenvalue weighted by Gasteiger charge is -2.37. The predicted molar refractivity (Wildman–Crippen MR) is 65.4 cm³/mol. The van der Waals surface area contributed by atoms with Gasteiger partial charge in [-0.1, -0.05) is 6.42 Å². The molecular formula is C15H23NO. The first-order valence-electron chi connectivity index (χ1n) is 7.75. The Kier molecular flexibility index (Phi) is 1.78. The van der Waals surface area contributed by atoms with Crippen molar-refractivity contribution in [1.82, 2.24) is 4.90 Å². The van der Waals surface area contributed by atoms with E-state index >= 15 is 0 Å². The highest BCUT2D eigenvalue weighted by atomic mass is 16.3. The summed E-state index contributed by atoms with van der Waals surface area (Å²) in [7, 11) is 0. The van der Waals surface area contributed by atoms with Crippen LogP contribution in [0.1, 0.15) is 38.5 Å². The zero-order chi connectivity index (χ0) is 11.1. The molecule has 94 valence electrons. The van der Waals surface area contributed by atoms with Crippen molar-refractivity contribution in [3.63, 3.8) is 0 Å². The van der Waals surface area contributed by atoms with E-state index in [0.717, 1.165) is 29.7 Å². The molecule has 8 unspecified atom stereocenters. The summed E-state index contributed by atoms with van der Waals surface area (Å²) < 4.78 is 0. The Labute approximate surface area is 103 Å². The standard InChI is InChI=1S/C15H23NO/c17-15-10-5-11-7-16(14(15)12(11)6-10)13-4-8-1-2-9(13)3-8/h8-15,17H,1-7H2. The van der Waals surface area contributed by atoms with Gasteiger partial charge in [-0.3, -0.25) is 4.90 Å². The lowest BCUT2D eigenvalue weighted by Crippen LogP contribution is -2.47. The van der Waals surface area contributed by atoms with Gasteiger partial charge in [-0.2, -0.15) is 0 Å². The van der Waals surface area contributed by atoms with Gasteiger partial charge >= 0.3 is 0 Å². The molecule has 5 rings (SSSR count). The van der Waals surface area contributed by atoms with Crippen molar-refractivity contribution in [2.45, 2.75) is 56.7 Å². The molecular weight excluding hydrogens is 210 g/mol. The molecule has 1 aliphatic heterocycles. The van der Waals surface area contributed by atoms with Crippen molar-refractivity contribution in [1.29, 1.82) is 0 Å². The first kappa shape index (κ1) is 9.80. The van der Waals surface area contributed by atoms with Crippen LogP contribution in [0.4, 0.5) is 0 Å². The summed E-state index contributed by atoms with van der Waals surface area (Å²) in [5, 5.41) is 10.5. The zero-order valence-corrected chi connectivity index (χ0v) is 10.5. The van der Waals surface area contributed by atoms with Gasteiger partial charge in [0.15, 0.2) is 0 Å². The first-order chi connectivity index (χ1) is 8.31. The molecule has 0 aromatic heterocycles. The van der Waals surface area contributed by atoms with Gasteiger partial charge in [0.05, 0.1) is 6.10 Å². The fraction of sp³-hybridized carbons (Fsp3) is 1.00. The molecule has 2 heteroatoms. The second-order valence-corrected chi connectivity index (χ2v) is 7.58. The molecule has 1 N–H and O–H groups in total. The van der Waals surface area contributed by atoms with E-state index in [-0.39, 0.29) is 6.10 Å². The third-order valence-electron chi connectivity index (χ3n) is 7.01. The number of aliphatic hydroxyl groups excluding tert-OH is 1. The molecule has 4 aliphatic carbocycles. The van der Waals surface area contributed by atoms with Crippen LogP contribution in [-0.4, -0.2) is 34.7 Å². The van der Waals surface area contributed by atoms with Crippen LogP contribution in [0.3, 0.4) is 0 Å². The lowest BCUT2D eigenvalue weighted by atomic mass is 9.87. The maximum atomic E-state index is 10.5. The van der Waals surface area contributed by atoms with Crippen molar-refractivity contribution in [2.75, 3.05) is 6.54 Å². The summed E-state index contributed by atoms with van der Waals surface area (Å²) in [5.41, 5.74) is 0. The van der Waals surface area contributed by atoms with Crippen LogP contribution in [0, 0.1) is 29.6 Å². The molecule has 2 nitrogen and oxygen atoms in total. The highest BCUT2D eigenvalue weighted by Gasteiger charge is 2.61. The zero-order valence-electron chi connectivity index (χ0n) is 10.5. The number of rotatable bonds is 1. The van der Waals surface area contributed by atoms with Crippen molar-refractivity contribution >= 4 is 0 Å². The number of fused-ring (bicyclic) bond motifs is 3. The van der Waals surface area contributed by atoms with Crippen LogP contribution in [0.25, 0.3) is 0 Å². The Morgan fingerprint density at radius 3 is 2.53 bits per heavy atom. The summed E-state index contributed by atoms with van der Waals surface area (Å²) in [6, 6.07) is 1.43. The Morgan fingerprint density at radius 1 is 0.882 bits per heavy atom. The Hall–Kier alpha value is -0.0800. The fourth-order valence-electron chi connectivity index (χ4n) is 6.45. The van der Waals surface area contributed by atoms with E-state index in [0.29, 0.717) is 12.0 Å². The van der Waals surface area contributed by atoms with Crippen molar-refractivity contribution < 1.29 is 5.11 Å². The minimum absolute atomic E-state index is 0.0258. The van der Waals surface area contributed by atoms with Gasteiger partial charge in [-0.25, -0.2) is 0 Å². The van der Waals surface area contributed by atoms with Gasteiger partial charge in [0.25, 0.3) is 0 Å².